The van der Waals surface area contributed by atoms with E-state index in [9.17, 15) is 13.6 Å². The SMILES string of the molecule is C[C@H](NC(=O)C=Cc1cccc(F)c1F)c1cccc(Oc2cccnc2)c1. The number of carbonyl (C=O) groups excluding carboxylic acids is 1. The van der Waals surface area contributed by atoms with Gasteiger partial charge < -0.3 is 10.1 Å². The lowest BCUT2D eigenvalue weighted by Gasteiger charge is -2.14. The van der Waals surface area contributed by atoms with Gasteiger partial charge in [0.2, 0.25) is 5.91 Å². The van der Waals surface area contributed by atoms with Gasteiger partial charge in [0.05, 0.1) is 12.2 Å². The van der Waals surface area contributed by atoms with E-state index in [2.05, 4.69) is 10.3 Å². The zero-order chi connectivity index (χ0) is 19.9. The van der Waals surface area contributed by atoms with Crippen LogP contribution in [0.2, 0.25) is 0 Å². The Morgan fingerprint density at radius 2 is 1.89 bits per heavy atom. The van der Waals surface area contributed by atoms with Gasteiger partial charge in [0.1, 0.15) is 11.5 Å². The topological polar surface area (TPSA) is 51.2 Å². The van der Waals surface area contributed by atoms with Gasteiger partial charge in [-0.15, -0.1) is 0 Å². The summed E-state index contributed by atoms with van der Waals surface area (Å²) < 4.78 is 32.6. The highest BCUT2D eigenvalue weighted by Gasteiger charge is 2.10. The molecule has 4 nitrogen and oxygen atoms in total. The van der Waals surface area contributed by atoms with Crippen LogP contribution in [-0.4, -0.2) is 10.9 Å². The first-order valence-electron chi connectivity index (χ1n) is 8.63. The number of halogens is 2. The third kappa shape index (κ3) is 5.01. The predicted molar refractivity (Wildman–Crippen MR) is 103 cm³/mol. The summed E-state index contributed by atoms with van der Waals surface area (Å²) in [7, 11) is 0. The monoisotopic (exact) mass is 380 g/mol. The molecule has 0 aliphatic carbocycles. The van der Waals surface area contributed by atoms with Crippen LogP contribution in [0.5, 0.6) is 11.5 Å². The number of nitrogens with one attached hydrogen (secondary N) is 1. The van der Waals surface area contributed by atoms with Gasteiger partial charge in [-0.2, -0.15) is 0 Å². The van der Waals surface area contributed by atoms with Crippen molar-refractivity contribution in [2.45, 2.75) is 13.0 Å². The molecule has 1 aromatic heterocycles. The van der Waals surface area contributed by atoms with E-state index in [1.807, 2.05) is 25.1 Å². The van der Waals surface area contributed by atoms with Crippen molar-refractivity contribution in [1.29, 1.82) is 0 Å². The zero-order valence-corrected chi connectivity index (χ0v) is 15.1. The number of ether oxygens (including phenoxy) is 1. The molecule has 142 valence electrons. The second-order valence-electron chi connectivity index (χ2n) is 6.07. The van der Waals surface area contributed by atoms with E-state index in [1.54, 1.807) is 30.6 Å². The molecule has 0 saturated carbocycles. The Bertz CT molecular complexity index is 991. The molecule has 1 amide bonds. The van der Waals surface area contributed by atoms with Crippen molar-refractivity contribution in [3.63, 3.8) is 0 Å². The fraction of sp³-hybridized carbons (Fsp3) is 0.0909. The lowest BCUT2D eigenvalue weighted by atomic mass is 10.1. The summed E-state index contributed by atoms with van der Waals surface area (Å²) in [6.07, 6.45) is 5.67. The highest BCUT2D eigenvalue weighted by molar-refractivity contribution is 5.92. The molecule has 6 heteroatoms. The number of hydrogen-bond donors (Lipinski definition) is 1. The van der Waals surface area contributed by atoms with E-state index in [-0.39, 0.29) is 11.6 Å². The molecule has 2 aromatic carbocycles. The van der Waals surface area contributed by atoms with Crippen LogP contribution in [-0.2, 0) is 4.79 Å². The average Bonchev–Trinajstić information content (AvgIpc) is 2.70. The normalized spacial score (nSPS) is 12.0. The first-order chi connectivity index (χ1) is 13.5. The highest BCUT2D eigenvalue weighted by Crippen LogP contribution is 2.24. The molecule has 1 heterocycles. The second kappa shape index (κ2) is 8.90. The molecule has 0 bridgehead atoms. The minimum Gasteiger partial charge on any atom is -0.456 e. The van der Waals surface area contributed by atoms with Gasteiger partial charge >= 0.3 is 0 Å². The number of carbonyl (C=O) groups is 1. The zero-order valence-electron chi connectivity index (χ0n) is 15.1. The van der Waals surface area contributed by atoms with E-state index in [0.29, 0.717) is 11.5 Å². The fourth-order valence-electron chi connectivity index (χ4n) is 2.55. The molecule has 0 radical (unpaired) electrons. The Morgan fingerprint density at radius 3 is 2.68 bits per heavy atom. The van der Waals surface area contributed by atoms with Crippen LogP contribution in [0.3, 0.4) is 0 Å². The fourth-order valence-corrected chi connectivity index (χ4v) is 2.55. The van der Waals surface area contributed by atoms with E-state index < -0.39 is 17.5 Å². The summed E-state index contributed by atoms with van der Waals surface area (Å²) in [6.45, 7) is 1.82. The van der Waals surface area contributed by atoms with Crippen LogP contribution < -0.4 is 10.1 Å². The van der Waals surface area contributed by atoms with Crippen molar-refractivity contribution in [2.24, 2.45) is 0 Å². The smallest absolute Gasteiger partial charge is 0.244 e. The van der Waals surface area contributed by atoms with Gasteiger partial charge in [0.25, 0.3) is 0 Å². The summed E-state index contributed by atoms with van der Waals surface area (Å²) in [5, 5.41) is 2.78. The van der Waals surface area contributed by atoms with Crippen molar-refractivity contribution >= 4 is 12.0 Å². The summed E-state index contributed by atoms with van der Waals surface area (Å²) in [4.78, 5) is 16.1. The average molecular weight is 380 g/mol. The van der Waals surface area contributed by atoms with E-state index in [1.165, 1.54) is 24.3 Å². The molecule has 28 heavy (non-hydrogen) atoms. The Hall–Kier alpha value is -3.54. The third-order valence-electron chi connectivity index (χ3n) is 3.98. The van der Waals surface area contributed by atoms with Gasteiger partial charge in [-0.1, -0.05) is 24.3 Å². The maximum absolute atomic E-state index is 13.6. The van der Waals surface area contributed by atoms with Crippen molar-refractivity contribution in [3.05, 3.63) is 95.8 Å². The Balaban J connectivity index is 1.64. The van der Waals surface area contributed by atoms with Crippen LogP contribution in [0, 0.1) is 11.6 Å². The van der Waals surface area contributed by atoms with Crippen LogP contribution in [0.25, 0.3) is 6.08 Å². The van der Waals surface area contributed by atoms with Gasteiger partial charge in [-0.3, -0.25) is 9.78 Å². The number of nitrogens with zero attached hydrogens (tertiary/aromatic N) is 1. The first kappa shape index (κ1) is 19.2. The maximum atomic E-state index is 13.6. The number of pyridine rings is 1. The number of rotatable bonds is 6. The number of aromatic nitrogens is 1. The molecule has 3 aromatic rings. The summed E-state index contributed by atoms with van der Waals surface area (Å²) >= 11 is 0. The van der Waals surface area contributed by atoms with Gasteiger partial charge in [0.15, 0.2) is 11.6 Å². The van der Waals surface area contributed by atoms with E-state index in [0.717, 1.165) is 11.6 Å². The molecule has 1 atom stereocenters. The molecular formula is C22H18F2N2O2. The standard InChI is InChI=1S/C22H18F2N2O2/c1-15(26-21(27)11-10-16-5-3-9-20(23)22(16)24)17-6-2-7-18(13-17)28-19-8-4-12-25-14-19/h2-15H,1H3,(H,26,27)/t15-/m0/s1. The third-order valence-corrected chi connectivity index (χ3v) is 3.98. The largest absolute Gasteiger partial charge is 0.456 e. The Kier molecular flexibility index (Phi) is 6.11. The molecule has 0 aliphatic rings. The van der Waals surface area contributed by atoms with Crippen molar-refractivity contribution in [1.82, 2.24) is 10.3 Å². The highest BCUT2D eigenvalue weighted by atomic mass is 19.2. The second-order valence-corrected chi connectivity index (χ2v) is 6.07. The molecule has 1 N–H and O–H groups in total. The number of hydrogen-bond acceptors (Lipinski definition) is 3. The van der Waals surface area contributed by atoms with Crippen LogP contribution in [0.1, 0.15) is 24.1 Å². The first-order valence-corrected chi connectivity index (χ1v) is 8.63. The Morgan fingerprint density at radius 1 is 1.11 bits per heavy atom. The summed E-state index contributed by atoms with van der Waals surface area (Å²) in [5.74, 6) is -1.14. The molecule has 0 saturated heterocycles. The molecule has 0 unspecified atom stereocenters. The minimum absolute atomic E-state index is 0.00895. The van der Waals surface area contributed by atoms with Crippen molar-refractivity contribution < 1.29 is 18.3 Å². The number of benzene rings is 2. The molecule has 0 spiro atoms. The van der Waals surface area contributed by atoms with Crippen LogP contribution in [0.4, 0.5) is 8.78 Å². The molecule has 0 fully saturated rings. The summed E-state index contributed by atoms with van der Waals surface area (Å²) in [6, 6.07) is 14.3. The minimum atomic E-state index is -0.986. The molecule has 3 rings (SSSR count). The summed E-state index contributed by atoms with van der Waals surface area (Å²) in [5.41, 5.74) is 0.842. The lowest BCUT2D eigenvalue weighted by Crippen LogP contribution is -2.24. The Labute approximate surface area is 161 Å². The van der Waals surface area contributed by atoms with Crippen LogP contribution >= 0.6 is 0 Å². The van der Waals surface area contributed by atoms with E-state index in [4.69, 9.17) is 4.74 Å². The van der Waals surface area contributed by atoms with Crippen LogP contribution in [0.15, 0.2) is 73.1 Å². The predicted octanol–water partition coefficient (Wildman–Crippen LogP) is 5.04. The maximum Gasteiger partial charge on any atom is 0.244 e. The van der Waals surface area contributed by atoms with Gasteiger partial charge in [-0.25, -0.2) is 8.78 Å². The molecular weight excluding hydrogens is 362 g/mol. The number of amides is 1. The van der Waals surface area contributed by atoms with Gasteiger partial charge in [0, 0.05) is 17.8 Å². The van der Waals surface area contributed by atoms with E-state index >= 15 is 0 Å². The lowest BCUT2D eigenvalue weighted by molar-refractivity contribution is -0.117. The van der Waals surface area contributed by atoms with Gasteiger partial charge in [-0.05, 0) is 48.9 Å². The van der Waals surface area contributed by atoms with Crippen molar-refractivity contribution in [3.8, 4) is 11.5 Å². The quantitative estimate of drug-likeness (QED) is 0.610. The molecule has 0 aliphatic heterocycles. The van der Waals surface area contributed by atoms with Crippen molar-refractivity contribution in [2.75, 3.05) is 0 Å².